The van der Waals surface area contributed by atoms with Crippen molar-refractivity contribution in [3.63, 3.8) is 0 Å². The monoisotopic (exact) mass is 275 g/mol. The van der Waals surface area contributed by atoms with Gasteiger partial charge in [0.15, 0.2) is 0 Å². The third-order valence-corrected chi connectivity index (χ3v) is 2.87. The average Bonchev–Trinajstić information content (AvgIpc) is 2.85. The van der Waals surface area contributed by atoms with Crippen molar-refractivity contribution in [2.75, 3.05) is 11.9 Å². The highest BCUT2D eigenvalue weighted by atomic mass is 16.3. The molecule has 6 heteroatoms. The molecule has 0 saturated carbocycles. The quantitative estimate of drug-likeness (QED) is 0.627. The third kappa shape index (κ3) is 3.58. The molecule has 0 saturated heterocycles. The maximum absolute atomic E-state index is 11.7. The number of aromatic amines is 1. The van der Waals surface area contributed by atoms with Crippen LogP contribution < -0.4 is 10.6 Å². The molecule has 0 radical (unpaired) electrons. The molecular weight excluding hydrogens is 258 g/mol. The Kier molecular flexibility index (Phi) is 4.37. The van der Waals surface area contributed by atoms with E-state index >= 15 is 0 Å². The van der Waals surface area contributed by atoms with E-state index in [0.717, 1.165) is 10.9 Å². The van der Waals surface area contributed by atoms with Gasteiger partial charge in [-0.05, 0) is 37.6 Å². The lowest BCUT2D eigenvalue weighted by atomic mass is 10.2. The van der Waals surface area contributed by atoms with Crippen LogP contribution in [0.25, 0.3) is 10.9 Å². The van der Waals surface area contributed by atoms with Crippen LogP contribution >= 0.6 is 0 Å². The molecule has 0 spiro atoms. The molecule has 0 aliphatic rings. The van der Waals surface area contributed by atoms with Crippen molar-refractivity contribution >= 4 is 28.4 Å². The molecule has 0 aliphatic heterocycles. The molecule has 1 aromatic heterocycles. The molecular formula is C14H17N3O3. The van der Waals surface area contributed by atoms with E-state index in [1.54, 1.807) is 25.3 Å². The van der Waals surface area contributed by atoms with Crippen molar-refractivity contribution in [2.45, 2.75) is 19.4 Å². The van der Waals surface area contributed by atoms with Gasteiger partial charge in [0.2, 0.25) is 0 Å². The van der Waals surface area contributed by atoms with Crippen LogP contribution in [-0.2, 0) is 9.59 Å². The minimum atomic E-state index is -0.717. The topological polar surface area (TPSA) is 94.2 Å². The van der Waals surface area contributed by atoms with Gasteiger partial charge in [0.1, 0.15) is 0 Å². The van der Waals surface area contributed by atoms with E-state index in [9.17, 15) is 9.59 Å². The number of fused-ring (bicyclic) bond motifs is 1. The van der Waals surface area contributed by atoms with Crippen molar-refractivity contribution in [3.8, 4) is 0 Å². The Labute approximate surface area is 116 Å². The zero-order chi connectivity index (χ0) is 14.5. The first-order valence-electron chi connectivity index (χ1n) is 6.40. The molecule has 106 valence electrons. The fourth-order valence-corrected chi connectivity index (χ4v) is 1.79. The Hall–Kier alpha value is -2.34. The van der Waals surface area contributed by atoms with E-state index < -0.39 is 17.9 Å². The molecule has 2 amide bonds. The second-order valence-electron chi connectivity index (χ2n) is 4.63. The van der Waals surface area contributed by atoms with E-state index in [4.69, 9.17) is 5.11 Å². The predicted octanol–water partition coefficient (Wildman–Crippen LogP) is 0.993. The van der Waals surface area contributed by atoms with Gasteiger partial charge in [-0.3, -0.25) is 9.59 Å². The zero-order valence-corrected chi connectivity index (χ0v) is 11.1. The van der Waals surface area contributed by atoms with Gasteiger partial charge in [-0.25, -0.2) is 0 Å². The summed E-state index contributed by atoms with van der Waals surface area (Å²) in [6, 6.07) is 7.22. The van der Waals surface area contributed by atoms with Gasteiger partial charge >= 0.3 is 11.8 Å². The fourth-order valence-electron chi connectivity index (χ4n) is 1.79. The number of amides is 2. The fraction of sp³-hybridized carbons (Fsp3) is 0.286. The summed E-state index contributed by atoms with van der Waals surface area (Å²) in [5.74, 6) is -1.43. The normalized spacial score (nSPS) is 12.1. The SMILES string of the molecule is CC(O)CCNC(=O)C(=O)Nc1ccc2[nH]ccc2c1. The van der Waals surface area contributed by atoms with Gasteiger partial charge in [0, 0.05) is 29.3 Å². The van der Waals surface area contributed by atoms with E-state index in [1.807, 2.05) is 12.1 Å². The molecule has 0 bridgehead atoms. The van der Waals surface area contributed by atoms with Crippen LogP contribution in [0.15, 0.2) is 30.5 Å². The van der Waals surface area contributed by atoms with Gasteiger partial charge in [0.25, 0.3) is 0 Å². The molecule has 1 atom stereocenters. The number of benzene rings is 1. The van der Waals surface area contributed by atoms with Gasteiger partial charge < -0.3 is 20.7 Å². The summed E-state index contributed by atoms with van der Waals surface area (Å²) in [6.07, 6.45) is 1.71. The second kappa shape index (κ2) is 6.21. The van der Waals surface area contributed by atoms with Crippen LogP contribution in [0, 0.1) is 0 Å². The molecule has 0 fully saturated rings. The van der Waals surface area contributed by atoms with Crippen LogP contribution in [0.5, 0.6) is 0 Å². The number of carbonyl (C=O) groups excluding carboxylic acids is 2. The predicted molar refractivity (Wildman–Crippen MR) is 76.2 cm³/mol. The number of aliphatic hydroxyl groups is 1. The van der Waals surface area contributed by atoms with Crippen molar-refractivity contribution in [3.05, 3.63) is 30.5 Å². The number of aromatic nitrogens is 1. The number of aliphatic hydroxyl groups excluding tert-OH is 1. The summed E-state index contributed by atoms with van der Waals surface area (Å²) < 4.78 is 0. The van der Waals surface area contributed by atoms with E-state index in [0.29, 0.717) is 12.1 Å². The zero-order valence-electron chi connectivity index (χ0n) is 11.1. The number of nitrogens with one attached hydrogen (secondary N) is 3. The number of hydrogen-bond donors (Lipinski definition) is 4. The molecule has 2 aromatic rings. The Morgan fingerprint density at radius 2 is 2.10 bits per heavy atom. The van der Waals surface area contributed by atoms with Crippen molar-refractivity contribution in [2.24, 2.45) is 0 Å². The molecule has 2 rings (SSSR count). The van der Waals surface area contributed by atoms with E-state index in [-0.39, 0.29) is 6.54 Å². The van der Waals surface area contributed by atoms with Crippen LogP contribution in [0.3, 0.4) is 0 Å². The Bertz CT molecular complexity index is 619. The Balaban J connectivity index is 1.91. The van der Waals surface area contributed by atoms with Gasteiger partial charge in [-0.15, -0.1) is 0 Å². The molecule has 1 aromatic carbocycles. The first-order chi connectivity index (χ1) is 9.56. The van der Waals surface area contributed by atoms with E-state index in [2.05, 4.69) is 15.6 Å². The number of anilines is 1. The minimum absolute atomic E-state index is 0.265. The van der Waals surface area contributed by atoms with Crippen molar-refractivity contribution < 1.29 is 14.7 Å². The smallest absolute Gasteiger partial charge is 0.313 e. The van der Waals surface area contributed by atoms with Crippen LogP contribution in [0.2, 0.25) is 0 Å². The first kappa shape index (κ1) is 14.1. The van der Waals surface area contributed by atoms with Crippen LogP contribution in [0.4, 0.5) is 5.69 Å². The lowest BCUT2D eigenvalue weighted by Crippen LogP contribution is -2.36. The average molecular weight is 275 g/mol. The summed E-state index contributed by atoms with van der Waals surface area (Å²) in [6.45, 7) is 1.89. The molecule has 1 heterocycles. The van der Waals surface area contributed by atoms with Crippen molar-refractivity contribution in [1.82, 2.24) is 10.3 Å². The molecule has 6 nitrogen and oxygen atoms in total. The maximum atomic E-state index is 11.7. The number of rotatable bonds is 4. The molecule has 0 aliphatic carbocycles. The number of carbonyl (C=O) groups is 2. The van der Waals surface area contributed by atoms with Crippen LogP contribution in [-0.4, -0.2) is 34.6 Å². The maximum Gasteiger partial charge on any atom is 0.313 e. The van der Waals surface area contributed by atoms with Gasteiger partial charge in [-0.1, -0.05) is 0 Å². The van der Waals surface area contributed by atoms with Gasteiger partial charge in [0.05, 0.1) is 6.10 Å². The third-order valence-electron chi connectivity index (χ3n) is 2.87. The first-order valence-corrected chi connectivity index (χ1v) is 6.40. The Morgan fingerprint density at radius 1 is 1.30 bits per heavy atom. The number of hydrogen-bond acceptors (Lipinski definition) is 3. The second-order valence-corrected chi connectivity index (χ2v) is 4.63. The molecule has 1 unspecified atom stereocenters. The standard InChI is InChI=1S/C14H17N3O3/c1-9(18)4-6-16-13(19)14(20)17-11-2-3-12-10(8-11)5-7-15-12/h2-3,5,7-9,15,18H,4,6H2,1H3,(H,16,19)(H,17,20). The number of H-pyrrole nitrogens is 1. The Morgan fingerprint density at radius 3 is 2.85 bits per heavy atom. The highest BCUT2D eigenvalue weighted by molar-refractivity contribution is 6.39. The van der Waals surface area contributed by atoms with Crippen LogP contribution in [0.1, 0.15) is 13.3 Å². The summed E-state index contributed by atoms with van der Waals surface area (Å²) in [5.41, 5.74) is 1.53. The minimum Gasteiger partial charge on any atom is -0.393 e. The summed E-state index contributed by atoms with van der Waals surface area (Å²) >= 11 is 0. The largest absolute Gasteiger partial charge is 0.393 e. The summed E-state index contributed by atoms with van der Waals surface area (Å²) in [4.78, 5) is 26.2. The van der Waals surface area contributed by atoms with E-state index in [1.165, 1.54) is 0 Å². The lowest BCUT2D eigenvalue weighted by Gasteiger charge is -2.07. The molecule has 20 heavy (non-hydrogen) atoms. The highest BCUT2D eigenvalue weighted by Gasteiger charge is 2.13. The summed E-state index contributed by atoms with van der Waals surface area (Å²) in [5, 5.41) is 15.0. The summed E-state index contributed by atoms with van der Waals surface area (Å²) in [7, 11) is 0. The lowest BCUT2D eigenvalue weighted by molar-refractivity contribution is -0.136. The van der Waals surface area contributed by atoms with Gasteiger partial charge in [-0.2, -0.15) is 0 Å². The van der Waals surface area contributed by atoms with Crippen molar-refractivity contribution in [1.29, 1.82) is 0 Å². The highest BCUT2D eigenvalue weighted by Crippen LogP contribution is 2.17. The molecule has 4 N–H and O–H groups in total.